The predicted molar refractivity (Wildman–Crippen MR) is 36.1 cm³/mol. The second kappa shape index (κ2) is 2.23. The van der Waals surface area contributed by atoms with Crippen molar-refractivity contribution in [2.75, 3.05) is 0 Å². The molecule has 0 aromatic heterocycles. The van der Waals surface area contributed by atoms with Gasteiger partial charge in [0.25, 0.3) is 0 Å². The first-order valence-electron chi connectivity index (χ1n) is 3.64. The number of allylic oxidation sites excluding steroid dienone is 1. The Kier molecular flexibility index (Phi) is 1.35. The Hall–Kier alpha value is -1.03. The third-order valence-electron chi connectivity index (χ3n) is 2.07. The van der Waals surface area contributed by atoms with Gasteiger partial charge < -0.3 is 4.74 Å². The number of hydroxylamine groups is 2. The highest BCUT2D eigenvalue weighted by Crippen LogP contribution is 2.25. The summed E-state index contributed by atoms with van der Waals surface area (Å²) in [5.74, 6) is 0. The van der Waals surface area contributed by atoms with Crippen molar-refractivity contribution in [3.63, 3.8) is 0 Å². The molecule has 1 saturated heterocycles. The Labute approximate surface area is 64.0 Å². The lowest BCUT2D eigenvalue weighted by molar-refractivity contribution is -0.0639. The SMILES string of the molecule is O=C1O[C@@H]2C=CCC[C@@H]2N1O. The van der Waals surface area contributed by atoms with E-state index in [2.05, 4.69) is 0 Å². The van der Waals surface area contributed by atoms with Gasteiger partial charge in [-0.05, 0) is 18.9 Å². The van der Waals surface area contributed by atoms with Crippen LogP contribution in [0.5, 0.6) is 0 Å². The molecule has 1 N–H and O–H groups in total. The van der Waals surface area contributed by atoms with Gasteiger partial charge in [-0.25, -0.2) is 4.79 Å². The average Bonchev–Trinajstić information content (AvgIpc) is 2.30. The smallest absolute Gasteiger partial charge is 0.434 e. The molecule has 1 aliphatic heterocycles. The van der Waals surface area contributed by atoms with E-state index >= 15 is 0 Å². The normalized spacial score (nSPS) is 35.4. The summed E-state index contributed by atoms with van der Waals surface area (Å²) in [4.78, 5) is 10.8. The van der Waals surface area contributed by atoms with Crippen LogP contribution in [0.25, 0.3) is 0 Å². The maximum Gasteiger partial charge on any atom is 0.434 e. The monoisotopic (exact) mass is 155 g/mol. The minimum atomic E-state index is -0.633. The number of nitrogens with zero attached hydrogens (tertiary/aromatic N) is 1. The van der Waals surface area contributed by atoms with Gasteiger partial charge in [-0.3, -0.25) is 5.21 Å². The van der Waals surface area contributed by atoms with Crippen molar-refractivity contribution in [3.8, 4) is 0 Å². The van der Waals surface area contributed by atoms with Crippen LogP contribution >= 0.6 is 0 Å². The minimum absolute atomic E-state index is 0.160. The molecule has 2 rings (SSSR count). The molecule has 0 spiro atoms. The van der Waals surface area contributed by atoms with E-state index in [1.54, 1.807) is 0 Å². The standard InChI is InChI=1S/C7H9NO3/c9-7-8(10)5-3-1-2-4-6(5)11-7/h2,4-6,10H,1,3H2/t5-,6+/m0/s1. The van der Waals surface area contributed by atoms with Gasteiger partial charge in [0.2, 0.25) is 0 Å². The maximum absolute atomic E-state index is 10.8. The quantitative estimate of drug-likeness (QED) is 0.418. The molecule has 1 fully saturated rings. The first-order chi connectivity index (χ1) is 5.29. The number of hydrogen-bond acceptors (Lipinski definition) is 3. The molecule has 0 unspecified atom stereocenters. The molecule has 4 nitrogen and oxygen atoms in total. The van der Waals surface area contributed by atoms with Crippen molar-refractivity contribution in [3.05, 3.63) is 12.2 Å². The van der Waals surface area contributed by atoms with Crippen molar-refractivity contribution in [2.45, 2.75) is 25.0 Å². The highest BCUT2D eigenvalue weighted by Gasteiger charge is 2.40. The summed E-state index contributed by atoms with van der Waals surface area (Å²) >= 11 is 0. The fourth-order valence-electron chi connectivity index (χ4n) is 1.47. The van der Waals surface area contributed by atoms with Crippen LogP contribution in [0.3, 0.4) is 0 Å². The molecule has 60 valence electrons. The van der Waals surface area contributed by atoms with E-state index in [0.717, 1.165) is 12.8 Å². The van der Waals surface area contributed by atoms with Gasteiger partial charge in [0.05, 0.1) is 0 Å². The van der Waals surface area contributed by atoms with Gasteiger partial charge in [0.15, 0.2) is 0 Å². The Balaban J connectivity index is 2.21. The van der Waals surface area contributed by atoms with Crippen molar-refractivity contribution in [1.82, 2.24) is 5.06 Å². The Morgan fingerprint density at radius 2 is 2.55 bits per heavy atom. The van der Waals surface area contributed by atoms with Gasteiger partial charge in [0, 0.05) is 0 Å². The fraction of sp³-hybridized carbons (Fsp3) is 0.571. The first kappa shape index (κ1) is 6.67. The Morgan fingerprint density at radius 1 is 1.73 bits per heavy atom. The van der Waals surface area contributed by atoms with Crippen LogP contribution < -0.4 is 0 Å². The van der Waals surface area contributed by atoms with Gasteiger partial charge in [-0.1, -0.05) is 6.08 Å². The van der Waals surface area contributed by atoms with Crippen LogP contribution in [0.2, 0.25) is 0 Å². The molecule has 0 bridgehead atoms. The zero-order chi connectivity index (χ0) is 7.84. The fourth-order valence-corrected chi connectivity index (χ4v) is 1.47. The average molecular weight is 155 g/mol. The first-order valence-corrected chi connectivity index (χ1v) is 3.64. The summed E-state index contributed by atoms with van der Waals surface area (Å²) in [6, 6.07) is -0.160. The molecule has 2 aliphatic rings. The summed E-state index contributed by atoms with van der Waals surface area (Å²) in [5, 5.41) is 9.81. The number of hydrogen-bond donors (Lipinski definition) is 1. The summed E-state index contributed by atoms with van der Waals surface area (Å²) in [7, 11) is 0. The maximum atomic E-state index is 10.8. The number of fused-ring (bicyclic) bond motifs is 1. The van der Waals surface area contributed by atoms with Gasteiger partial charge in [-0.15, -0.1) is 0 Å². The largest absolute Gasteiger partial charge is 0.438 e. The molecule has 1 heterocycles. The molecule has 1 aliphatic carbocycles. The van der Waals surface area contributed by atoms with Gasteiger partial charge >= 0.3 is 6.09 Å². The summed E-state index contributed by atoms with van der Waals surface area (Å²) in [5.41, 5.74) is 0. The van der Waals surface area contributed by atoms with E-state index in [9.17, 15) is 4.79 Å². The lowest BCUT2D eigenvalue weighted by Gasteiger charge is -2.19. The van der Waals surface area contributed by atoms with Crippen LogP contribution in [0.15, 0.2) is 12.2 Å². The van der Waals surface area contributed by atoms with E-state index in [-0.39, 0.29) is 12.1 Å². The molecule has 2 atom stereocenters. The molecular formula is C7H9NO3. The number of ether oxygens (including phenoxy) is 1. The summed E-state index contributed by atoms with van der Waals surface area (Å²) in [6.07, 6.45) is 4.60. The number of carbonyl (C=O) groups is 1. The molecule has 4 heteroatoms. The van der Waals surface area contributed by atoms with E-state index in [1.165, 1.54) is 0 Å². The van der Waals surface area contributed by atoms with Crippen LogP contribution in [-0.2, 0) is 4.74 Å². The zero-order valence-corrected chi connectivity index (χ0v) is 5.93. The molecule has 11 heavy (non-hydrogen) atoms. The molecule has 0 aromatic rings. The third-order valence-corrected chi connectivity index (χ3v) is 2.07. The van der Waals surface area contributed by atoms with E-state index in [0.29, 0.717) is 5.06 Å². The van der Waals surface area contributed by atoms with Crippen molar-refractivity contribution >= 4 is 6.09 Å². The van der Waals surface area contributed by atoms with E-state index in [1.807, 2.05) is 12.2 Å². The highest BCUT2D eigenvalue weighted by atomic mass is 16.7. The molecular weight excluding hydrogens is 146 g/mol. The van der Waals surface area contributed by atoms with Gasteiger partial charge in [0.1, 0.15) is 12.1 Å². The topological polar surface area (TPSA) is 49.8 Å². The zero-order valence-electron chi connectivity index (χ0n) is 5.93. The summed E-state index contributed by atoms with van der Waals surface area (Å²) < 4.78 is 4.83. The van der Waals surface area contributed by atoms with Crippen molar-refractivity contribution in [2.24, 2.45) is 0 Å². The molecule has 1 amide bonds. The van der Waals surface area contributed by atoms with E-state index in [4.69, 9.17) is 9.94 Å². The minimum Gasteiger partial charge on any atom is -0.438 e. The van der Waals surface area contributed by atoms with Crippen molar-refractivity contribution in [1.29, 1.82) is 0 Å². The number of carbonyl (C=O) groups excluding carboxylic acids is 1. The Morgan fingerprint density at radius 3 is 3.27 bits per heavy atom. The second-order valence-electron chi connectivity index (χ2n) is 2.77. The molecule has 0 radical (unpaired) electrons. The summed E-state index contributed by atoms with van der Waals surface area (Å²) in [6.45, 7) is 0. The molecule has 0 aromatic carbocycles. The molecule has 0 saturated carbocycles. The van der Waals surface area contributed by atoms with Crippen LogP contribution in [0.4, 0.5) is 4.79 Å². The van der Waals surface area contributed by atoms with Crippen LogP contribution in [0, 0.1) is 0 Å². The lowest BCUT2D eigenvalue weighted by Crippen LogP contribution is -2.34. The third kappa shape index (κ3) is 0.903. The predicted octanol–water partition coefficient (Wildman–Crippen LogP) is 0.915. The van der Waals surface area contributed by atoms with Crippen LogP contribution in [-0.4, -0.2) is 28.5 Å². The lowest BCUT2D eigenvalue weighted by atomic mass is 10.00. The van der Waals surface area contributed by atoms with Gasteiger partial charge in [-0.2, -0.15) is 5.06 Å². The van der Waals surface area contributed by atoms with E-state index < -0.39 is 6.09 Å². The number of amides is 1. The second-order valence-corrected chi connectivity index (χ2v) is 2.77. The Bertz CT molecular complexity index is 214. The van der Waals surface area contributed by atoms with Crippen molar-refractivity contribution < 1.29 is 14.7 Å². The highest BCUT2D eigenvalue weighted by molar-refractivity contribution is 5.69. The van der Waals surface area contributed by atoms with Crippen LogP contribution in [0.1, 0.15) is 12.8 Å². The number of rotatable bonds is 0.